The zero-order chi connectivity index (χ0) is 7.84. The first-order valence-electron chi connectivity index (χ1n) is 3.30. The number of hydrogen-bond donors (Lipinski definition) is 2. The lowest BCUT2D eigenvalue weighted by Gasteiger charge is -1.96. The van der Waals surface area contributed by atoms with Crippen LogP contribution in [0.25, 0.3) is 10.9 Å². The molecule has 1 aromatic heterocycles. The topological polar surface area (TPSA) is 41.8 Å². The zero-order valence-electron chi connectivity index (χ0n) is 5.76. The molecule has 1 aromatic carbocycles. The van der Waals surface area contributed by atoms with Crippen LogP contribution in [0, 0.1) is 0 Å². The van der Waals surface area contributed by atoms with Crippen molar-refractivity contribution in [2.45, 2.75) is 0 Å². The van der Waals surface area contributed by atoms with E-state index in [9.17, 15) is 0 Å². The summed E-state index contributed by atoms with van der Waals surface area (Å²) in [6.45, 7) is 0. The molecule has 3 heteroatoms. The largest absolute Gasteiger partial charge is 0.398 e. The summed E-state index contributed by atoms with van der Waals surface area (Å²) in [7, 11) is 0. The lowest BCUT2D eigenvalue weighted by atomic mass is 10.2. The van der Waals surface area contributed by atoms with E-state index in [0.717, 1.165) is 16.6 Å². The number of nitrogens with one attached hydrogen (secondary N) is 1. The van der Waals surface area contributed by atoms with E-state index < -0.39 is 0 Å². The van der Waals surface area contributed by atoms with Gasteiger partial charge in [-0.2, -0.15) is 0 Å². The Morgan fingerprint density at radius 2 is 2.09 bits per heavy atom. The molecule has 2 aromatic rings. The Balaban J connectivity index is 2.96. The van der Waals surface area contributed by atoms with E-state index in [4.69, 9.17) is 17.3 Å². The fraction of sp³-hybridized carbons (Fsp3) is 0. The fourth-order valence-corrected chi connectivity index (χ4v) is 1.36. The first kappa shape index (κ1) is 6.55. The molecule has 0 spiro atoms. The van der Waals surface area contributed by atoms with Crippen molar-refractivity contribution < 1.29 is 0 Å². The van der Waals surface area contributed by atoms with Gasteiger partial charge in [0.05, 0.1) is 10.5 Å². The molecule has 1 heterocycles. The van der Waals surface area contributed by atoms with Crippen LogP contribution >= 0.6 is 11.6 Å². The van der Waals surface area contributed by atoms with Gasteiger partial charge >= 0.3 is 0 Å². The van der Waals surface area contributed by atoms with Crippen LogP contribution in [0.15, 0.2) is 24.4 Å². The Kier molecular flexibility index (Phi) is 1.29. The number of rotatable bonds is 0. The van der Waals surface area contributed by atoms with Crippen LogP contribution in [-0.4, -0.2) is 4.98 Å². The number of fused-ring (bicyclic) bond motifs is 1. The number of benzene rings is 1. The number of aromatic amines is 1. The summed E-state index contributed by atoms with van der Waals surface area (Å²) < 4.78 is 0. The van der Waals surface area contributed by atoms with E-state index in [1.165, 1.54) is 0 Å². The SMILES string of the molecule is Nc1ccc(Cl)c2[nH]ccc12. The number of nitrogen functional groups attached to an aromatic ring is 1. The first-order chi connectivity index (χ1) is 5.29. The van der Waals surface area contributed by atoms with Crippen LogP contribution in [-0.2, 0) is 0 Å². The summed E-state index contributed by atoms with van der Waals surface area (Å²) in [4.78, 5) is 3.02. The van der Waals surface area contributed by atoms with Gasteiger partial charge in [0.15, 0.2) is 0 Å². The third-order valence-corrected chi connectivity index (χ3v) is 2.02. The predicted octanol–water partition coefficient (Wildman–Crippen LogP) is 2.40. The molecule has 0 aliphatic carbocycles. The summed E-state index contributed by atoms with van der Waals surface area (Å²) in [5.74, 6) is 0. The maximum absolute atomic E-state index is 5.88. The van der Waals surface area contributed by atoms with Crippen molar-refractivity contribution in [1.29, 1.82) is 0 Å². The highest BCUT2D eigenvalue weighted by atomic mass is 35.5. The Bertz CT molecular complexity index is 356. The van der Waals surface area contributed by atoms with Crippen LogP contribution in [0.3, 0.4) is 0 Å². The smallest absolute Gasteiger partial charge is 0.0664 e. The number of hydrogen-bond acceptors (Lipinski definition) is 1. The first-order valence-corrected chi connectivity index (χ1v) is 3.68. The average Bonchev–Trinajstić information content (AvgIpc) is 2.45. The Hall–Kier alpha value is -1.15. The molecule has 0 atom stereocenters. The van der Waals surface area contributed by atoms with Crippen LogP contribution in [0.4, 0.5) is 5.69 Å². The Morgan fingerprint density at radius 3 is 2.82 bits per heavy atom. The van der Waals surface area contributed by atoms with Crippen LogP contribution in [0.5, 0.6) is 0 Å². The summed E-state index contributed by atoms with van der Waals surface area (Å²) in [5.41, 5.74) is 7.36. The quantitative estimate of drug-likeness (QED) is 0.580. The second-order valence-corrected chi connectivity index (χ2v) is 2.81. The van der Waals surface area contributed by atoms with Crippen molar-refractivity contribution in [3.63, 3.8) is 0 Å². The van der Waals surface area contributed by atoms with Crippen molar-refractivity contribution in [2.75, 3.05) is 5.73 Å². The van der Waals surface area contributed by atoms with Crippen LogP contribution in [0.2, 0.25) is 5.02 Å². The number of H-pyrrole nitrogens is 1. The minimum atomic E-state index is 0.708. The molecule has 0 aliphatic rings. The third kappa shape index (κ3) is 0.870. The van der Waals surface area contributed by atoms with Crippen molar-refractivity contribution in [2.24, 2.45) is 0 Å². The molecular weight excluding hydrogens is 160 g/mol. The highest BCUT2D eigenvalue weighted by molar-refractivity contribution is 6.35. The summed E-state index contributed by atoms with van der Waals surface area (Å²) in [6, 6.07) is 5.50. The van der Waals surface area contributed by atoms with Gasteiger partial charge in [-0.3, -0.25) is 0 Å². The van der Waals surface area contributed by atoms with E-state index in [1.54, 1.807) is 12.1 Å². The molecule has 0 fully saturated rings. The lowest BCUT2D eigenvalue weighted by molar-refractivity contribution is 1.48. The fourth-order valence-electron chi connectivity index (χ4n) is 1.14. The second kappa shape index (κ2) is 2.17. The van der Waals surface area contributed by atoms with Crippen molar-refractivity contribution in [3.05, 3.63) is 29.4 Å². The average molecular weight is 167 g/mol. The van der Waals surface area contributed by atoms with E-state index in [-0.39, 0.29) is 0 Å². The molecular formula is C8H7ClN2. The number of nitrogens with two attached hydrogens (primary N) is 1. The normalized spacial score (nSPS) is 10.6. The molecule has 0 aliphatic heterocycles. The van der Waals surface area contributed by atoms with E-state index in [1.807, 2.05) is 12.3 Å². The van der Waals surface area contributed by atoms with Gasteiger partial charge in [-0.15, -0.1) is 0 Å². The maximum atomic E-state index is 5.88. The molecule has 11 heavy (non-hydrogen) atoms. The molecule has 3 N–H and O–H groups in total. The Labute approximate surface area is 69.0 Å². The van der Waals surface area contributed by atoms with Crippen LogP contribution < -0.4 is 5.73 Å². The maximum Gasteiger partial charge on any atom is 0.0664 e. The highest BCUT2D eigenvalue weighted by Gasteiger charge is 2.01. The lowest BCUT2D eigenvalue weighted by Crippen LogP contribution is -1.84. The molecule has 0 saturated carbocycles. The monoisotopic (exact) mass is 166 g/mol. The van der Waals surface area contributed by atoms with Crippen molar-refractivity contribution in [1.82, 2.24) is 4.98 Å². The number of anilines is 1. The molecule has 0 radical (unpaired) electrons. The number of halogens is 1. The standard InChI is InChI=1S/C8H7ClN2/c9-6-1-2-7(10)5-3-4-11-8(5)6/h1-4,11H,10H2. The third-order valence-electron chi connectivity index (χ3n) is 1.71. The minimum absolute atomic E-state index is 0.708. The summed E-state index contributed by atoms with van der Waals surface area (Å²) in [6.07, 6.45) is 1.83. The van der Waals surface area contributed by atoms with Gasteiger partial charge < -0.3 is 10.7 Å². The van der Waals surface area contributed by atoms with E-state index >= 15 is 0 Å². The summed E-state index contributed by atoms with van der Waals surface area (Å²) >= 11 is 5.88. The summed E-state index contributed by atoms with van der Waals surface area (Å²) in [5, 5.41) is 1.69. The molecule has 0 unspecified atom stereocenters. The van der Waals surface area contributed by atoms with E-state index in [2.05, 4.69) is 4.98 Å². The van der Waals surface area contributed by atoms with Gasteiger partial charge in [0.2, 0.25) is 0 Å². The zero-order valence-corrected chi connectivity index (χ0v) is 6.52. The van der Waals surface area contributed by atoms with Crippen molar-refractivity contribution >= 4 is 28.2 Å². The van der Waals surface area contributed by atoms with Gasteiger partial charge in [0.25, 0.3) is 0 Å². The molecule has 2 nitrogen and oxygen atoms in total. The molecule has 2 rings (SSSR count). The minimum Gasteiger partial charge on any atom is -0.398 e. The van der Waals surface area contributed by atoms with Gasteiger partial charge in [-0.05, 0) is 18.2 Å². The second-order valence-electron chi connectivity index (χ2n) is 2.40. The molecule has 0 bridgehead atoms. The predicted molar refractivity (Wildman–Crippen MR) is 47.7 cm³/mol. The molecule has 0 saturated heterocycles. The van der Waals surface area contributed by atoms with Crippen molar-refractivity contribution in [3.8, 4) is 0 Å². The van der Waals surface area contributed by atoms with Gasteiger partial charge in [0, 0.05) is 17.3 Å². The van der Waals surface area contributed by atoms with Gasteiger partial charge in [-0.25, -0.2) is 0 Å². The highest BCUT2D eigenvalue weighted by Crippen LogP contribution is 2.26. The van der Waals surface area contributed by atoms with Gasteiger partial charge in [-0.1, -0.05) is 11.6 Å². The number of aromatic nitrogens is 1. The Morgan fingerprint density at radius 1 is 1.27 bits per heavy atom. The molecule has 0 amide bonds. The van der Waals surface area contributed by atoms with E-state index in [0.29, 0.717) is 5.02 Å². The van der Waals surface area contributed by atoms with Gasteiger partial charge in [0.1, 0.15) is 0 Å². The van der Waals surface area contributed by atoms with Crippen LogP contribution in [0.1, 0.15) is 0 Å². The molecule has 56 valence electrons.